The lowest BCUT2D eigenvalue weighted by Crippen LogP contribution is -2.41. The molecular formula is C13H15N3O7. The van der Waals surface area contributed by atoms with Gasteiger partial charge in [0.1, 0.15) is 6.04 Å². The molecule has 1 atom stereocenters. The molecule has 1 amide bonds. The lowest BCUT2D eigenvalue weighted by molar-refractivity contribution is -0.394. The first-order chi connectivity index (χ1) is 10.6. The number of hydrogen-bond donors (Lipinski definition) is 2. The van der Waals surface area contributed by atoms with E-state index < -0.39 is 39.1 Å². The Morgan fingerprint density at radius 2 is 1.61 bits per heavy atom. The second-order valence-electron chi connectivity index (χ2n) is 5.25. The van der Waals surface area contributed by atoms with Crippen molar-refractivity contribution in [3.63, 3.8) is 0 Å². The molecule has 1 aromatic carbocycles. The van der Waals surface area contributed by atoms with Gasteiger partial charge in [0.05, 0.1) is 21.5 Å². The third-order valence-corrected chi connectivity index (χ3v) is 2.90. The van der Waals surface area contributed by atoms with Gasteiger partial charge in [-0.05, 0) is 12.3 Å². The molecule has 0 aliphatic rings. The van der Waals surface area contributed by atoms with Crippen LogP contribution in [0.15, 0.2) is 18.2 Å². The van der Waals surface area contributed by atoms with Gasteiger partial charge in [-0.15, -0.1) is 0 Å². The van der Waals surface area contributed by atoms with Crippen molar-refractivity contribution in [3.05, 3.63) is 44.0 Å². The van der Waals surface area contributed by atoms with Gasteiger partial charge >= 0.3 is 5.97 Å². The van der Waals surface area contributed by atoms with Crippen molar-refractivity contribution in [3.8, 4) is 0 Å². The van der Waals surface area contributed by atoms with Crippen LogP contribution in [-0.2, 0) is 4.79 Å². The lowest BCUT2D eigenvalue weighted by atomic mass is 10.0. The highest BCUT2D eigenvalue weighted by Gasteiger charge is 2.24. The minimum Gasteiger partial charge on any atom is -0.480 e. The Kier molecular flexibility index (Phi) is 5.71. The molecule has 124 valence electrons. The summed E-state index contributed by atoms with van der Waals surface area (Å²) in [5, 5.41) is 32.9. The van der Waals surface area contributed by atoms with Crippen LogP contribution in [-0.4, -0.2) is 32.9 Å². The van der Waals surface area contributed by atoms with Gasteiger partial charge < -0.3 is 10.4 Å². The van der Waals surface area contributed by atoms with E-state index in [-0.39, 0.29) is 17.9 Å². The van der Waals surface area contributed by atoms with Crippen molar-refractivity contribution in [2.24, 2.45) is 5.92 Å². The van der Waals surface area contributed by atoms with E-state index in [9.17, 15) is 29.8 Å². The standard InChI is InChI=1S/C13H15N3O7/c1-7(2)3-11(13(18)19)14-12(17)8-4-9(15(20)21)6-10(5-8)16(22)23/h4-7,11H,3H2,1-2H3,(H,14,17)(H,18,19)/t11-/m0/s1. The molecule has 1 aromatic rings. The summed E-state index contributed by atoms with van der Waals surface area (Å²) in [5.74, 6) is -2.20. The van der Waals surface area contributed by atoms with Gasteiger partial charge in [-0.2, -0.15) is 0 Å². The molecule has 0 aliphatic heterocycles. The van der Waals surface area contributed by atoms with Crippen LogP contribution in [0.4, 0.5) is 11.4 Å². The van der Waals surface area contributed by atoms with E-state index in [2.05, 4.69) is 5.32 Å². The molecule has 0 heterocycles. The fourth-order valence-corrected chi connectivity index (χ4v) is 1.87. The summed E-state index contributed by atoms with van der Waals surface area (Å²) in [4.78, 5) is 43.0. The SMILES string of the molecule is CC(C)C[C@H](NC(=O)c1cc([N+](=O)[O-])cc([N+](=O)[O-])c1)C(=O)O. The fourth-order valence-electron chi connectivity index (χ4n) is 1.87. The van der Waals surface area contributed by atoms with Crippen LogP contribution in [0.5, 0.6) is 0 Å². The average molecular weight is 325 g/mol. The van der Waals surface area contributed by atoms with Crippen LogP contribution in [0, 0.1) is 26.1 Å². The van der Waals surface area contributed by atoms with Gasteiger partial charge in [0, 0.05) is 12.1 Å². The van der Waals surface area contributed by atoms with Gasteiger partial charge in [0.2, 0.25) is 0 Å². The number of aliphatic carboxylic acids is 1. The highest BCUT2D eigenvalue weighted by Crippen LogP contribution is 2.22. The second kappa shape index (κ2) is 7.29. The number of nitro groups is 2. The first kappa shape index (κ1) is 18.0. The molecule has 0 aromatic heterocycles. The largest absolute Gasteiger partial charge is 0.480 e. The summed E-state index contributed by atoms with van der Waals surface area (Å²) in [6.45, 7) is 3.53. The number of carboxylic acid groups (broad SMARTS) is 1. The second-order valence-corrected chi connectivity index (χ2v) is 5.25. The predicted octanol–water partition coefficient (Wildman–Crippen LogP) is 1.73. The molecule has 0 radical (unpaired) electrons. The molecule has 0 fully saturated rings. The minimum absolute atomic E-state index is 0.0177. The van der Waals surface area contributed by atoms with Crippen LogP contribution in [0.2, 0.25) is 0 Å². The Labute approximate surface area is 130 Å². The Bertz CT molecular complexity index is 625. The maximum Gasteiger partial charge on any atom is 0.326 e. The minimum atomic E-state index is -1.26. The zero-order valence-corrected chi connectivity index (χ0v) is 12.4. The number of carboxylic acids is 1. The Morgan fingerprint density at radius 1 is 1.13 bits per heavy atom. The molecule has 0 saturated heterocycles. The fraction of sp³-hybridized carbons (Fsp3) is 0.385. The molecule has 10 nitrogen and oxygen atoms in total. The Balaban J connectivity index is 3.13. The van der Waals surface area contributed by atoms with E-state index in [1.54, 1.807) is 13.8 Å². The number of hydrogen-bond acceptors (Lipinski definition) is 6. The maximum absolute atomic E-state index is 12.1. The van der Waals surface area contributed by atoms with Crippen molar-refractivity contribution < 1.29 is 24.5 Å². The Hall–Kier alpha value is -3.04. The topological polar surface area (TPSA) is 153 Å². The smallest absolute Gasteiger partial charge is 0.326 e. The Morgan fingerprint density at radius 3 is 1.96 bits per heavy atom. The highest BCUT2D eigenvalue weighted by atomic mass is 16.6. The molecule has 23 heavy (non-hydrogen) atoms. The number of carbonyl (C=O) groups excluding carboxylic acids is 1. The molecule has 0 aliphatic carbocycles. The van der Waals surface area contributed by atoms with E-state index in [1.807, 2.05) is 0 Å². The summed E-state index contributed by atoms with van der Waals surface area (Å²) in [6.07, 6.45) is 0.151. The highest BCUT2D eigenvalue weighted by molar-refractivity contribution is 5.97. The van der Waals surface area contributed by atoms with Crippen LogP contribution >= 0.6 is 0 Å². The summed E-state index contributed by atoms with van der Waals surface area (Å²) >= 11 is 0. The zero-order chi connectivity index (χ0) is 17.7. The van der Waals surface area contributed by atoms with Crippen molar-refractivity contribution in [2.75, 3.05) is 0 Å². The number of rotatable bonds is 7. The maximum atomic E-state index is 12.1. The number of non-ortho nitro benzene ring substituents is 2. The third kappa shape index (κ3) is 5.02. The van der Waals surface area contributed by atoms with Gasteiger partial charge in [0.15, 0.2) is 0 Å². The number of carbonyl (C=O) groups is 2. The van der Waals surface area contributed by atoms with E-state index in [4.69, 9.17) is 5.11 Å². The van der Waals surface area contributed by atoms with E-state index in [0.29, 0.717) is 0 Å². The summed E-state index contributed by atoms with van der Waals surface area (Å²) in [5.41, 5.74) is -1.60. The van der Waals surface area contributed by atoms with E-state index in [0.717, 1.165) is 18.2 Å². The quantitative estimate of drug-likeness (QED) is 0.571. The zero-order valence-electron chi connectivity index (χ0n) is 12.4. The third-order valence-electron chi connectivity index (χ3n) is 2.90. The number of benzene rings is 1. The summed E-state index contributed by atoms with van der Waals surface area (Å²) < 4.78 is 0. The summed E-state index contributed by atoms with van der Waals surface area (Å²) in [6, 6.07) is 1.24. The van der Waals surface area contributed by atoms with Gasteiger partial charge in [-0.3, -0.25) is 25.0 Å². The average Bonchev–Trinajstić information content (AvgIpc) is 2.45. The molecule has 1 rings (SSSR count). The van der Waals surface area contributed by atoms with Gasteiger partial charge in [-0.25, -0.2) is 4.79 Å². The van der Waals surface area contributed by atoms with Crippen molar-refractivity contribution >= 4 is 23.3 Å². The first-order valence-electron chi connectivity index (χ1n) is 6.59. The van der Waals surface area contributed by atoms with Crippen molar-refractivity contribution in [1.82, 2.24) is 5.32 Å². The molecule has 0 spiro atoms. The monoisotopic (exact) mass is 325 g/mol. The van der Waals surface area contributed by atoms with E-state index in [1.165, 1.54) is 0 Å². The summed E-state index contributed by atoms with van der Waals surface area (Å²) in [7, 11) is 0. The van der Waals surface area contributed by atoms with Crippen LogP contribution in [0.25, 0.3) is 0 Å². The van der Waals surface area contributed by atoms with Crippen molar-refractivity contribution in [1.29, 1.82) is 0 Å². The molecule has 0 saturated carbocycles. The van der Waals surface area contributed by atoms with Crippen LogP contribution < -0.4 is 5.32 Å². The number of nitrogens with one attached hydrogen (secondary N) is 1. The molecular weight excluding hydrogens is 310 g/mol. The number of nitro benzene ring substituents is 2. The first-order valence-corrected chi connectivity index (χ1v) is 6.59. The molecule has 0 bridgehead atoms. The molecule has 10 heteroatoms. The number of amides is 1. The number of nitrogens with zero attached hydrogens (tertiary/aromatic N) is 2. The molecule has 2 N–H and O–H groups in total. The van der Waals surface area contributed by atoms with Crippen molar-refractivity contribution in [2.45, 2.75) is 26.3 Å². The normalized spacial score (nSPS) is 11.8. The lowest BCUT2D eigenvalue weighted by Gasteiger charge is -2.16. The van der Waals surface area contributed by atoms with Crippen LogP contribution in [0.3, 0.4) is 0 Å². The van der Waals surface area contributed by atoms with Gasteiger partial charge in [-0.1, -0.05) is 13.8 Å². The molecule has 0 unspecified atom stereocenters. The van der Waals surface area contributed by atoms with Gasteiger partial charge in [0.25, 0.3) is 17.3 Å². The van der Waals surface area contributed by atoms with E-state index >= 15 is 0 Å². The predicted molar refractivity (Wildman–Crippen MR) is 78.1 cm³/mol. The van der Waals surface area contributed by atoms with Crippen LogP contribution in [0.1, 0.15) is 30.6 Å².